The van der Waals surface area contributed by atoms with Crippen LogP contribution in [0.25, 0.3) is 11.0 Å². The molecule has 0 spiro atoms. The van der Waals surface area contributed by atoms with E-state index in [2.05, 4.69) is 9.27 Å². The maximum Gasteiger partial charge on any atom is 0.326 e. The van der Waals surface area contributed by atoms with Crippen molar-refractivity contribution >= 4 is 28.9 Å². The average molecular weight is 255 g/mol. The van der Waals surface area contributed by atoms with Crippen LogP contribution >= 0.6 is 11.9 Å². The predicted molar refractivity (Wildman–Crippen MR) is 63.7 cm³/mol. The molecule has 0 amide bonds. The lowest BCUT2D eigenvalue weighted by Gasteiger charge is -2.01. The van der Waals surface area contributed by atoms with Gasteiger partial charge in [-0.25, -0.2) is 4.79 Å². The van der Waals surface area contributed by atoms with Crippen LogP contribution in [0.4, 0.5) is 0 Å². The van der Waals surface area contributed by atoms with Crippen molar-refractivity contribution in [3.8, 4) is 0 Å². The standard InChI is InChI=1S/C11H11ClN2O3/c12-17-10(15)6-3-7-14-9-5-2-1-4-8(9)13-11(14)16/h1-2,4-5H,3,6-7H2,(H,13,16). The molecule has 17 heavy (non-hydrogen) atoms. The van der Waals surface area contributed by atoms with Gasteiger partial charge in [-0.3, -0.25) is 9.36 Å². The quantitative estimate of drug-likeness (QED) is 0.905. The number of halogens is 1. The second kappa shape index (κ2) is 5.05. The summed E-state index contributed by atoms with van der Waals surface area (Å²) in [6, 6.07) is 7.40. The number of aromatic nitrogens is 2. The second-order valence-corrected chi connectivity index (χ2v) is 3.81. The number of benzene rings is 1. The van der Waals surface area contributed by atoms with Crippen LogP contribution < -0.4 is 5.69 Å². The van der Waals surface area contributed by atoms with Crippen molar-refractivity contribution in [1.29, 1.82) is 0 Å². The molecule has 0 aliphatic carbocycles. The van der Waals surface area contributed by atoms with Crippen molar-refractivity contribution < 1.29 is 9.08 Å². The fraction of sp³-hybridized carbons (Fsp3) is 0.273. The molecule has 0 unspecified atom stereocenters. The molecule has 1 aromatic carbocycles. The van der Waals surface area contributed by atoms with E-state index in [0.717, 1.165) is 11.0 Å². The summed E-state index contributed by atoms with van der Waals surface area (Å²) in [6.07, 6.45) is 0.697. The van der Waals surface area contributed by atoms with Crippen molar-refractivity contribution in [2.24, 2.45) is 0 Å². The van der Waals surface area contributed by atoms with E-state index in [1.54, 1.807) is 4.57 Å². The van der Waals surface area contributed by atoms with Gasteiger partial charge < -0.3 is 9.27 Å². The molecule has 2 rings (SSSR count). The molecule has 0 atom stereocenters. The SMILES string of the molecule is O=C(CCCn1c(=O)[nH]c2ccccc21)OCl. The van der Waals surface area contributed by atoms with Crippen molar-refractivity contribution in [2.45, 2.75) is 19.4 Å². The minimum atomic E-state index is -0.487. The highest BCUT2D eigenvalue weighted by atomic mass is 35.5. The van der Waals surface area contributed by atoms with E-state index in [1.165, 1.54) is 0 Å². The number of hydrogen-bond acceptors (Lipinski definition) is 3. The number of carbonyl (C=O) groups is 1. The summed E-state index contributed by atoms with van der Waals surface area (Å²) in [6.45, 7) is 0.453. The molecule has 0 saturated carbocycles. The molecule has 0 fully saturated rings. The van der Waals surface area contributed by atoms with Gasteiger partial charge in [0.2, 0.25) is 0 Å². The van der Waals surface area contributed by atoms with Gasteiger partial charge in [-0.2, -0.15) is 0 Å². The number of hydrogen-bond donors (Lipinski definition) is 1. The Kier molecular flexibility index (Phi) is 3.49. The Labute approximate surface area is 102 Å². The molecular formula is C11H11ClN2O3. The number of nitrogens with zero attached hydrogens (tertiary/aromatic N) is 1. The van der Waals surface area contributed by atoms with Crippen LogP contribution in [0.5, 0.6) is 0 Å². The second-order valence-electron chi connectivity index (χ2n) is 3.65. The highest BCUT2D eigenvalue weighted by Crippen LogP contribution is 2.09. The highest BCUT2D eigenvalue weighted by Gasteiger charge is 2.07. The van der Waals surface area contributed by atoms with Gasteiger partial charge in [-0.15, -0.1) is 0 Å². The number of aromatic amines is 1. The van der Waals surface area contributed by atoms with E-state index < -0.39 is 5.97 Å². The van der Waals surface area contributed by atoms with Crippen LogP contribution in [-0.2, 0) is 15.6 Å². The Morgan fingerprint density at radius 1 is 1.41 bits per heavy atom. The monoisotopic (exact) mass is 254 g/mol. The first-order valence-corrected chi connectivity index (χ1v) is 5.52. The van der Waals surface area contributed by atoms with Crippen LogP contribution in [0.3, 0.4) is 0 Å². The van der Waals surface area contributed by atoms with E-state index in [9.17, 15) is 9.59 Å². The summed E-state index contributed by atoms with van der Waals surface area (Å²) in [7, 11) is 0. The Morgan fingerprint density at radius 3 is 2.94 bits per heavy atom. The first kappa shape index (κ1) is 11.7. The fourth-order valence-corrected chi connectivity index (χ4v) is 1.83. The number of imidazole rings is 1. The van der Waals surface area contributed by atoms with Crippen molar-refractivity contribution in [2.75, 3.05) is 0 Å². The molecule has 1 heterocycles. The number of fused-ring (bicyclic) bond motifs is 1. The van der Waals surface area contributed by atoms with Crippen molar-refractivity contribution in [3.63, 3.8) is 0 Å². The maximum absolute atomic E-state index is 11.6. The summed E-state index contributed by atoms with van der Waals surface area (Å²) >= 11 is 4.91. The Hall–Kier alpha value is -1.75. The Balaban J connectivity index is 2.15. The molecule has 5 nitrogen and oxygen atoms in total. The third kappa shape index (κ3) is 2.50. The average Bonchev–Trinajstić information content (AvgIpc) is 2.66. The Morgan fingerprint density at radius 2 is 2.18 bits per heavy atom. The first-order valence-electron chi connectivity index (χ1n) is 5.21. The summed E-state index contributed by atoms with van der Waals surface area (Å²) in [5.74, 6) is -0.487. The van der Waals surface area contributed by atoms with Gasteiger partial charge in [-0.1, -0.05) is 12.1 Å². The molecule has 0 saturated heterocycles. The normalized spacial score (nSPS) is 10.6. The molecule has 90 valence electrons. The van der Waals surface area contributed by atoms with Gasteiger partial charge in [0.15, 0.2) is 0 Å². The molecule has 0 radical (unpaired) electrons. The zero-order valence-corrected chi connectivity index (χ0v) is 9.74. The number of rotatable bonds is 4. The topological polar surface area (TPSA) is 64.1 Å². The predicted octanol–water partition coefficient (Wildman–Crippen LogP) is 1.81. The van der Waals surface area contributed by atoms with E-state index in [4.69, 9.17) is 11.9 Å². The summed E-state index contributed by atoms with van der Waals surface area (Å²) in [4.78, 5) is 25.2. The third-order valence-electron chi connectivity index (χ3n) is 2.53. The van der Waals surface area contributed by atoms with E-state index in [1.807, 2.05) is 24.3 Å². The Bertz CT molecular complexity index is 588. The smallest absolute Gasteiger partial charge is 0.326 e. The van der Waals surface area contributed by atoms with Crippen molar-refractivity contribution in [3.05, 3.63) is 34.7 Å². The summed E-state index contributed by atoms with van der Waals surface area (Å²) in [5, 5.41) is 0. The lowest BCUT2D eigenvalue weighted by molar-refractivity contribution is -0.134. The molecule has 2 aromatic rings. The number of carbonyl (C=O) groups excluding carboxylic acids is 1. The van der Waals surface area contributed by atoms with Gasteiger partial charge in [0.25, 0.3) is 0 Å². The molecular weight excluding hydrogens is 244 g/mol. The van der Waals surface area contributed by atoms with Crippen LogP contribution in [-0.4, -0.2) is 15.5 Å². The van der Waals surface area contributed by atoms with Crippen LogP contribution in [0, 0.1) is 0 Å². The minimum absolute atomic E-state index is 0.176. The van der Waals surface area contributed by atoms with E-state index >= 15 is 0 Å². The van der Waals surface area contributed by atoms with Crippen LogP contribution in [0.15, 0.2) is 29.1 Å². The molecule has 0 aliphatic heterocycles. The molecule has 0 aliphatic rings. The zero-order valence-electron chi connectivity index (χ0n) is 8.98. The van der Waals surface area contributed by atoms with Gasteiger partial charge in [-0.05, 0) is 18.6 Å². The zero-order chi connectivity index (χ0) is 12.3. The number of aryl methyl sites for hydroxylation is 1. The maximum atomic E-state index is 11.6. The van der Waals surface area contributed by atoms with E-state index in [0.29, 0.717) is 13.0 Å². The highest BCUT2D eigenvalue weighted by molar-refractivity contribution is 6.13. The van der Waals surface area contributed by atoms with Gasteiger partial charge in [0.1, 0.15) is 11.9 Å². The summed E-state index contributed by atoms with van der Waals surface area (Å²) < 4.78 is 5.62. The minimum Gasteiger partial charge on any atom is -0.348 e. The fourth-order valence-electron chi connectivity index (χ4n) is 1.75. The number of para-hydroxylation sites is 2. The lowest BCUT2D eigenvalue weighted by atomic mass is 10.3. The number of H-pyrrole nitrogens is 1. The molecule has 1 aromatic heterocycles. The number of nitrogens with one attached hydrogen (secondary N) is 1. The third-order valence-corrected chi connectivity index (χ3v) is 2.70. The molecule has 1 N–H and O–H groups in total. The first-order chi connectivity index (χ1) is 8.22. The van der Waals surface area contributed by atoms with Crippen LogP contribution in [0.2, 0.25) is 0 Å². The van der Waals surface area contributed by atoms with Gasteiger partial charge in [0, 0.05) is 13.0 Å². The van der Waals surface area contributed by atoms with Crippen molar-refractivity contribution in [1.82, 2.24) is 9.55 Å². The van der Waals surface area contributed by atoms with Gasteiger partial charge in [0.05, 0.1) is 11.0 Å². The molecule has 6 heteroatoms. The molecule has 0 bridgehead atoms. The summed E-state index contributed by atoms with van der Waals surface area (Å²) in [5.41, 5.74) is 1.44. The van der Waals surface area contributed by atoms with Crippen LogP contribution in [0.1, 0.15) is 12.8 Å². The van der Waals surface area contributed by atoms with E-state index in [-0.39, 0.29) is 12.1 Å². The lowest BCUT2D eigenvalue weighted by Crippen LogP contribution is -2.17. The van der Waals surface area contributed by atoms with Gasteiger partial charge >= 0.3 is 11.7 Å². The largest absolute Gasteiger partial charge is 0.348 e.